The van der Waals surface area contributed by atoms with E-state index in [1.165, 1.54) is 5.56 Å². The van der Waals surface area contributed by atoms with Crippen LogP contribution in [0.4, 0.5) is 0 Å². The Morgan fingerprint density at radius 2 is 1.89 bits per heavy atom. The first-order valence-electron chi connectivity index (χ1n) is 6.79. The van der Waals surface area contributed by atoms with Crippen molar-refractivity contribution in [1.82, 2.24) is 4.90 Å². The van der Waals surface area contributed by atoms with E-state index in [1.807, 2.05) is 12.1 Å². The molecule has 19 heavy (non-hydrogen) atoms. The van der Waals surface area contributed by atoms with Gasteiger partial charge in [-0.2, -0.15) is 0 Å². The van der Waals surface area contributed by atoms with Gasteiger partial charge in [-0.25, -0.2) is 0 Å². The van der Waals surface area contributed by atoms with Gasteiger partial charge in [-0.3, -0.25) is 9.69 Å². The molecule has 1 aliphatic heterocycles. The normalized spacial score (nSPS) is 18.5. The molecule has 1 fully saturated rings. The van der Waals surface area contributed by atoms with Crippen LogP contribution in [0.5, 0.6) is 0 Å². The fraction of sp³-hybridized carbons (Fsp3) is 0.533. The average molecular weight is 262 g/mol. The van der Waals surface area contributed by atoms with Crippen molar-refractivity contribution in [3.8, 4) is 0 Å². The lowest BCUT2D eigenvalue weighted by Gasteiger charge is -2.35. The highest BCUT2D eigenvalue weighted by Gasteiger charge is 2.23. The summed E-state index contributed by atoms with van der Waals surface area (Å²) in [4.78, 5) is 13.5. The lowest BCUT2D eigenvalue weighted by atomic mass is 10.0. The van der Waals surface area contributed by atoms with Crippen molar-refractivity contribution in [1.29, 1.82) is 0 Å². The van der Waals surface area contributed by atoms with Crippen LogP contribution < -0.4 is 5.73 Å². The van der Waals surface area contributed by atoms with Crippen molar-refractivity contribution in [3.05, 3.63) is 35.4 Å². The molecular formula is C15H22N2O2. The first kappa shape index (κ1) is 14.0. The zero-order valence-electron chi connectivity index (χ0n) is 11.6. The smallest absolute Gasteiger partial charge is 0.248 e. The predicted octanol–water partition coefficient (Wildman–Crippen LogP) is 1.96. The van der Waals surface area contributed by atoms with Gasteiger partial charge in [0, 0.05) is 30.9 Å². The Bertz CT molecular complexity index is 424. The molecule has 1 amide bonds. The van der Waals surface area contributed by atoms with Crippen LogP contribution in [-0.4, -0.2) is 37.1 Å². The second-order valence-electron chi connectivity index (χ2n) is 5.17. The number of ether oxygens (including phenoxy) is 1. The van der Waals surface area contributed by atoms with Gasteiger partial charge >= 0.3 is 0 Å². The maximum Gasteiger partial charge on any atom is 0.248 e. The van der Waals surface area contributed by atoms with E-state index in [1.54, 1.807) is 12.1 Å². The van der Waals surface area contributed by atoms with Crippen LogP contribution in [0.3, 0.4) is 0 Å². The Hall–Kier alpha value is -1.39. The van der Waals surface area contributed by atoms with E-state index in [4.69, 9.17) is 10.5 Å². The summed E-state index contributed by atoms with van der Waals surface area (Å²) >= 11 is 0. The molecule has 1 heterocycles. The summed E-state index contributed by atoms with van der Waals surface area (Å²) in [5.74, 6) is -0.378. The van der Waals surface area contributed by atoms with Crippen LogP contribution in [0.25, 0.3) is 0 Å². The first-order valence-corrected chi connectivity index (χ1v) is 6.79. The monoisotopic (exact) mass is 262 g/mol. The van der Waals surface area contributed by atoms with E-state index < -0.39 is 0 Å². The van der Waals surface area contributed by atoms with Gasteiger partial charge in [0.1, 0.15) is 0 Å². The zero-order chi connectivity index (χ0) is 13.8. The second kappa shape index (κ2) is 6.17. The molecule has 0 aliphatic carbocycles. The summed E-state index contributed by atoms with van der Waals surface area (Å²) in [7, 11) is 2.16. The van der Waals surface area contributed by atoms with Crippen molar-refractivity contribution in [2.24, 2.45) is 5.73 Å². The highest BCUT2D eigenvalue weighted by atomic mass is 16.5. The van der Waals surface area contributed by atoms with Gasteiger partial charge in [-0.15, -0.1) is 0 Å². The molecule has 0 aromatic heterocycles. The molecule has 1 saturated heterocycles. The number of carbonyl (C=O) groups excluding carboxylic acids is 1. The van der Waals surface area contributed by atoms with E-state index in [2.05, 4.69) is 18.9 Å². The average Bonchev–Trinajstić information content (AvgIpc) is 2.46. The van der Waals surface area contributed by atoms with Crippen molar-refractivity contribution in [2.45, 2.75) is 31.8 Å². The Labute approximate surface area is 114 Å². The molecule has 2 rings (SSSR count). The summed E-state index contributed by atoms with van der Waals surface area (Å²) in [5.41, 5.74) is 7.02. The fourth-order valence-electron chi connectivity index (χ4n) is 2.57. The molecule has 4 nitrogen and oxygen atoms in total. The molecule has 4 heteroatoms. The largest absolute Gasteiger partial charge is 0.381 e. The maximum atomic E-state index is 11.1. The van der Waals surface area contributed by atoms with Crippen LogP contribution in [0.1, 0.15) is 41.7 Å². The minimum Gasteiger partial charge on any atom is -0.381 e. The minimum atomic E-state index is -0.378. The van der Waals surface area contributed by atoms with Crippen molar-refractivity contribution in [2.75, 3.05) is 20.3 Å². The number of hydrogen-bond acceptors (Lipinski definition) is 3. The fourth-order valence-corrected chi connectivity index (χ4v) is 2.57. The van der Waals surface area contributed by atoms with Crippen LogP contribution in [-0.2, 0) is 4.74 Å². The number of nitrogens with zero attached hydrogens (tertiary/aromatic N) is 1. The Morgan fingerprint density at radius 1 is 1.32 bits per heavy atom. The number of rotatable bonds is 4. The molecule has 0 unspecified atom stereocenters. The number of nitrogens with two attached hydrogens (primary N) is 1. The van der Waals surface area contributed by atoms with Gasteiger partial charge in [0.15, 0.2) is 0 Å². The quantitative estimate of drug-likeness (QED) is 0.902. The second-order valence-corrected chi connectivity index (χ2v) is 5.17. The molecule has 1 aromatic rings. The Morgan fingerprint density at radius 3 is 2.42 bits per heavy atom. The predicted molar refractivity (Wildman–Crippen MR) is 75.0 cm³/mol. The topological polar surface area (TPSA) is 55.6 Å². The molecule has 104 valence electrons. The Kier molecular flexibility index (Phi) is 4.56. The number of benzene rings is 1. The molecule has 0 bridgehead atoms. The molecule has 0 spiro atoms. The van der Waals surface area contributed by atoms with Gasteiger partial charge in [0.05, 0.1) is 0 Å². The molecule has 1 atom stereocenters. The first-order chi connectivity index (χ1) is 9.09. The summed E-state index contributed by atoms with van der Waals surface area (Å²) < 4.78 is 5.40. The molecule has 1 aromatic carbocycles. The SMILES string of the molecule is C[C@H](c1ccc(C(N)=O)cc1)N(C)C1CCOCC1. The van der Waals surface area contributed by atoms with Crippen LogP contribution in [0, 0.1) is 0 Å². The summed E-state index contributed by atoms with van der Waals surface area (Å²) in [6, 6.07) is 8.46. The number of primary amides is 1. The van der Waals surface area contributed by atoms with Gasteiger partial charge < -0.3 is 10.5 Å². The number of amides is 1. The molecule has 0 saturated carbocycles. The minimum absolute atomic E-state index is 0.324. The summed E-state index contributed by atoms with van der Waals surface area (Å²) in [6.07, 6.45) is 2.17. The number of carbonyl (C=O) groups is 1. The van der Waals surface area contributed by atoms with Crippen molar-refractivity contribution in [3.63, 3.8) is 0 Å². The molecule has 0 radical (unpaired) electrons. The van der Waals surface area contributed by atoms with E-state index in [9.17, 15) is 4.79 Å². The highest BCUT2D eigenvalue weighted by Crippen LogP contribution is 2.25. The third kappa shape index (κ3) is 3.33. The van der Waals surface area contributed by atoms with E-state index in [0.29, 0.717) is 17.6 Å². The van der Waals surface area contributed by atoms with E-state index in [0.717, 1.165) is 26.1 Å². The van der Waals surface area contributed by atoms with E-state index >= 15 is 0 Å². The van der Waals surface area contributed by atoms with E-state index in [-0.39, 0.29) is 5.91 Å². The van der Waals surface area contributed by atoms with Gasteiger partial charge in [-0.1, -0.05) is 12.1 Å². The third-order valence-corrected chi connectivity index (χ3v) is 4.06. The molecule has 1 aliphatic rings. The van der Waals surface area contributed by atoms with Gasteiger partial charge in [-0.05, 0) is 44.5 Å². The standard InChI is InChI=1S/C15H22N2O2/c1-11(17(2)14-7-9-19-10-8-14)12-3-5-13(6-4-12)15(16)18/h3-6,11,14H,7-10H2,1-2H3,(H2,16,18)/t11-/m1/s1. The lowest BCUT2D eigenvalue weighted by molar-refractivity contribution is 0.0309. The maximum absolute atomic E-state index is 11.1. The third-order valence-electron chi connectivity index (χ3n) is 4.06. The summed E-state index contributed by atoms with van der Waals surface area (Å²) in [6.45, 7) is 3.89. The lowest BCUT2D eigenvalue weighted by Crippen LogP contribution is -2.38. The van der Waals surface area contributed by atoms with Crippen LogP contribution in [0.15, 0.2) is 24.3 Å². The van der Waals surface area contributed by atoms with Crippen molar-refractivity contribution < 1.29 is 9.53 Å². The van der Waals surface area contributed by atoms with Gasteiger partial charge in [0.2, 0.25) is 5.91 Å². The Balaban J connectivity index is 2.05. The van der Waals surface area contributed by atoms with Crippen molar-refractivity contribution >= 4 is 5.91 Å². The van der Waals surface area contributed by atoms with Crippen LogP contribution in [0.2, 0.25) is 0 Å². The van der Waals surface area contributed by atoms with Gasteiger partial charge in [0.25, 0.3) is 0 Å². The van der Waals surface area contributed by atoms with Crippen LogP contribution >= 0.6 is 0 Å². The molecule has 2 N–H and O–H groups in total. The summed E-state index contributed by atoms with van der Waals surface area (Å²) in [5, 5.41) is 0. The molecular weight excluding hydrogens is 240 g/mol. The highest BCUT2D eigenvalue weighted by molar-refractivity contribution is 5.92. The number of hydrogen-bond donors (Lipinski definition) is 1. The zero-order valence-corrected chi connectivity index (χ0v) is 11.6.